The summed E-state index contributed by atoms with van der Waals surface area (Å²) in [6, 6.07) is 15.1. The number of nitrogens with zero attached hydrogens (tertiary/aromatic N) is 3. The third-order valence-electron chi connectivity index (χ3n) is 4.58. The maximum absolute atomic E-state index is 13.1. The van der Waals surface area contributed by atoms with Crippen molar-refractivity contribution in [3.05, 3.63) is 82.8 Å². The van der Waals surface area contributed by atoms with E-state index in [4.69, 9.17) is 0 Å². The summed E-state index contributed by atoms with van der Waals surface area (Å²) in [6.07, 6.45) is 3.27. The summed E-state index contributed by atoms with van der Waals surface area (Å²) in [5.41, 5.74) is 1.32. The molecule has 3 aromatic rings. The van der Waals surface area contributed by atoms with Crippen LogP contribution in [0.3, 0.4) is 0 Å². The Morgan fingerprint density at radius 3 is 2.61 bits per heavy atom. The molecule has 3 amide bonds. The van der Waals surface area contributed by atoms with Gasteiger partial charge in [0.05, 0.1) is 17.0 Å². The molecule has 28 heavy (non-hydrogen) atoms. The first-order valence-corrected chi connectivity index (χ1v) is 9.68. The second-order valence-electron chi connectivity index (χ2n) is 6.39. The highest BCUT2D eigenvalue weighted by atomic mass is 32.1. The normalized spacial score (nSPS) is 16.4. The van der Waals surface area contributed by atoms with Crippen LogP contribution in [0.2, 0.25) is 0 Å². The molecule has 0 saturated carbocycles. The second-order valence-corrected chi connectivity index (χ2v) is 7.34. The zero-order valence-electron chi connectivity index (χ0n) is 14.9. The lowest BCUT2D eigenvalue weighted by molar-refractivity contribution is -0.122. The Morgan fingerprint density at radius 1 is 1.11 bits per heavy atom. The number of carbonyl (C=O) groups excluding carboxylic acids is 3. The standard InChI is InChI=1S/C21H17N3O3S/c25-19-12-17(20(26)24(19)16-7-2-1-3-8-16)23(14-15-6-4-10-22-13-15)21(27)18-9-5-11-28-18/h1-11,13,17H,12,14H2. The van der Waals surface area contributed by atoms with Gasteiger partial charge in [-0.25, -0.2) is 4.90 Å². The Labute approximate surface area is 166 Å². The van der Waals surface area contributed by atoms with Crippen molar-refractivity contribution in [2.75, 3.05) is 4.90 Å². The number of rotatable bonds is 5. The van der Waals surface area contributed by atoms with Crippen molar-refractivity contribution in [2.24, 2.45) is 0 Å². The number of hydrogen-bond donors (Lipinski definition) is 0. The van der Waals surface area contributed by atoms with Crippen LogP contribution in [0.15, 0.2) is 72.4 Å². The highest BCUT2D eigenvalue weighted by Gasteiger charge is 2.44. The van der Waals surface area contributed by atoms with Gasteiger partial charge in [0.2, 0.25) is 5.91 Å². The van der Waals surface area contributed by atoms with Crippen LogP contribution in [0.4, 0.5) is 5.69 Å². The van der Waals surface area contributed by atoms with Crippen molar-refractivity contribution in [1.29, 1.82) is 0 Å². The first kappa shape index (κ1) is 18.1. The lowest BCUT2D eigenvalue weighted by Crippen LogP contribution is -2.44. The fraction of sp³-hybridized carbons (Fsp3) is 0.143. The molecular formula is C21H17N3O3S. The Morgan fingerprint density at radius 2 is 1.93 bits per heavy atom. The Bertz CT molecular complexity index is 990. The number of amides is 3. The third kappa shape index (κ3) is 3.44. The van der Waals surface area contributed by atoms with Crippen molar-refractivity contribution < 1.29 is 14.4 Å². The number of thiophene rings is 1. The lowest BCUT2D eigenvalue weighted by atomic mass is 10.1. The van der Waals surface area contributed by atoms with E-state index >= 15 is 0 Å². The molecule has 1 unspecified atom stereocenters. The molecule has 4 rings (SSSR count). The lowest BCUT2D eigenvalue weighted by Gasteiger charge is -2.27. The van der Waals surface area contributed by atoms with E-state index in [1.807, 2.05) is 17.5 Å². The molecule has 0 bridgehead atoms. The molecule has 1 aromatic carbocycles. The molecular weight excluding hydrogens is 374 g/mol. The predicted octanol–water partition coefficient (Wildman–Crippen LogP) is 3.12. The molecule has 1 aliphatic heterocycles. The summed E-state index contributed by atoms with van der Waals surface area (Å²) in [4.78, 5) is 46.1. The molecule has 1 atom stereocenters. The fourth-order valence-corrected chi connectivity index (χ4v) is 3.94. The SMILES string of the molecule is O=C1CC(N(Cc2cccnc2)C(=O)c2cccs2)C(=O)N1c1ccccc1. The van der Waals surface area contributed by atoms with Crippen molar-refractivity contribution in [1.82, 2.24) is 9.88 Å². The zero-order chi connectivity index (χ0) is 19.5. The fourth-order valence-electron chi connectivity index (χ4n) is 3.26. The van der Waals surface area contributed by atoms with Crippen LogP contribution >= 0.6 is 11.3 Å². The molecule has 3 heterocycles. The molecule has 1 aliphatic rings. The maximum Gasteiger partial charge on any atom is 0.264 e. The van der Waals surface area contributed by atoms with Crippen LogP contribution in [-0.4, -0.2) is 33.6 Å². The molecule has 1 fully saturated rings. The van der Waals surface area contributed by atoms with Gasteiger partial charge in [-0.1, -0.05) is 30.3 Å². The van der Waals surface area contributed by atoms with Crippen LogP contribution in [-0.2, 0) is 16.1 Å². The van der Waals surface area contributed by atoms with Crippen molar-refractivity contribution in [3.8, 4) is 0 Å². The molecule has 1 saturated heterocycles. The average molecular weight is 391 g/mol. The molecule has 7 heteroatoms. The zero-order valence-corrected chi connectivity index (χ0v) is 15.7. The highest BCUT2D eigenvalue weighted by molar-refractivity contribution is 7.12. The number of carbonyl (C=O) groups is 3. The first-order valence-electron chi connectivity index (χ1n) is 8.80. The summed E-state index contributed by atoms with van der Waals surface area (Å²) in [5.74, 6) is -0.957. The molecule has 0 aliphatic carbocycles. The maximum atomic E-state index is 13.1. The van der Waals surface area contributed by atoms with Gasteiger partial charge < -0.3 is 4.90 Å². The predicted molar refractivity (Wildman–Crippen MR) is 106 cm³/mol. The van der Waals surface area contributed by atoms with E-state index in [-0.39, 0.29) is 30.7 Å². The van der Waals surface area contributed by atoms with E-state index in [2.05, 4.69) is 4.98 Å². The van der Waals surface area contributed by atoms with E-state index < -0.39 is 6.04 Å². The number of anilines is 1. The first-order chi connectivity index (χ1) is 13.6. The van der Waals surface area contributed by atoms with Gasteiger partial charge in [0.1, 0.15) is 6.04 Å². The second kappa shape index (κ2) is 7.74. The average Bonchev–Trinajstić information content (AvgIpc) is 3.35. The van der Waals surface area contributed by atoms with Crippen molar-refractivity contribution in [2.45, 2.75) is 19.0 Å². The van der Waals surface area contributed by atoms with Gasteiger partial charge in [0.25, 0.3) is 11.8 Å². The van der Waals surface area contributed by atoms with Gasteiger partial charge in [0, 0.05) is 18.9 Å². The third-order valence-corrected chi connectivity index (χ3v) is 5.44. The minimum atomic E-state index is -0.845. The van der Waals surface area contributed by atoms with Crippen LogP contribution in [0, 0.1) is 0 Å². The van der Waals surface area contributed by atoms with Crippen molar-refractivity contribution in [3.63, 3.8) is 0 Å². The van der Waals surface area contributed by atoms with Crippen LogP contribution in [0.1, 0.15) is 21.7 Å². The quantitative estimate of drug-likeness (QED) is 0.627. The molecule has 0 spiro atoms. The number of benzene rings is 1. The van der Waals surface area contributed by atoms with Gasteiger partial charge >= 0.3 is 0 Å². The number of para-hydroxylation sites is 1. The van der Waals surface area contributed by atoms with Gasteiger partial charge in [0.15, 0.2) is 0 Å². The van der Waals surface area contributed by atoms with Crippen LogP contribution in [0.5, 0.6) is 0 Å². The largest absolute Gasteiger partial charge is 0.321 e. The van der Waals surface area contributed by atoms with Gasteiger partial charge in [-0.2, -0.15) is 0 Å². The minimum absolute atomic E-state index is 0.0366. The van der Waals surface area contributed by atoms with Gasteiger partial charge in [-0.3, -0.25) is 19.4 Å². The highest BCUT2D eigenvalue weighted by Crippen LogP contribution is 2.28. The smallest absolute Gasteiger partial charge is 0.264 e. The monoisotopic (exact) mass is 391 g/mol. The summed E-state index contributed by atoms with van der Waals surface area (Å²) >= 11 is 1.31. The topological polar surface area (TPSA) is 70.6 Å². The van der Waals surface area contributed by atoms with E-state index in [0.717, 1.165) is 5.56 Å². The number of imide groups is 1. The molecule has 0 radical (unpaired) electrons. The molecule has 140 valence electrons. The van der Waals surface area contributed by atoms with Gasteiger partial charge in [-0.05, 0) is 35.2 Å². The Kier molecular flexibility index (Phi) is 4.99. The number of aromatic nitrogens is 1. The molecule has 6 nitrogen and oxygen atoms in total. The van der Waals surface area contributed by atoms with Gasteiger partial charge in [-0.15, -0.1) is 11.3 Å². The Balaban J connectivity index is 1.67. The molecule has 0 N–H and O–H groups in total. The summed E-state index contributed by atoms with van der Waals surface area (Å²) in [6.45, 7) is 0.205. The minimum Gasteiger partial charge on any atom is -0.321 e. The van der Waals surface area contributed by atoms with Crippen LogP contribution in [0.25, 0.3) is 0 Å². The van der Waals surface area contributed by atoms with E-state index in [9.17, 15) is 14.4 Å². The van der Waals surface area contributed by atoms with E-state index in [1.54, 1.807) is 54.9 Å². The number of pyridine rings is 1. The van der Waals surface area contributed by atoms with Crippen LogP contribution < -0.4 is 4.90 Å². The molecule has 2 aromatic heterocycles. The summed E-state index contributed by atoms with van der Waals surface area (Å²) in [5, 5.41) is 1.81. The summed E-state index contributed by atoms with van der Waals surface area (Å²) in [7, 11) is 0. The number of hydrogen-bond acceptors (Lipinski definition) is 5. The summed E-state index contributed by atoms with van der Waals surface area (Å²) < 4.78 is 0. The van der Waals surface area contributed by atoms with E-state index in [1.165, 1.54) is 21.1 Å². The van der Waals surface area contributed by atoms with E-state index in [0.29, 0.717) is 10.6 Å². The Hall–Kier alpha value is -3.32. The van der Waals surface area contributed by atoms with Crippen molar-refractivity contribution >= 4 is 34.7 Å².